The number of nitrogens with one attached hydrogen (secondary N) is 1. The third-order valence-corrected chi connectivity index (χ3v) is 2.50. The Morgan fingerprint density at radius 2 is 2.10 bits per heavy atom. The summed E-state index contributed by atoms with van der Waals surface area (Å²) in [5, 5.41) is 15.7. The molecule has 0 bridgehead atoms. The number of nitrogens with zero attached hydrogens (tertiary/aromatic N) is 2. The van der Waals surface area contributed by atoms with Crippen LogP contribution < -0.4 is 5.32 Å². The highest BCUT2D eigenvalue weighted by Gasteiger charge is 2.24. The van der Waals surface area contributed by atoms with Crippen molar-refractivity contribution in [2.45, 2.75) is 45.8 Å². The highest BCUT2D eigenvalue weighted by Crippen LogP contribution is 2.20. The summed E-state index contributed by atoms with van der Waals surface area (Å²) >= 11 is 0. The maximum atomic E-state index is 11.8. The number of hydrogen-bond donors (Lipinski definition) is 2. The smallest absolute Gasteiger partial charge is 0.408 e. The predicted octanol–water partition coefficient (Wildman–Crippen LogP) is 1.77. The standard InChI is InChI=1S/C13H21N3O4/c1-8-9(7-16(5)15-8)10(6-11(17)18)14-12(19)20-13(2,3)4/h7,10H,6H2,1-5H3,(H,14,19)(H,17,18). The molecular formula is C13H21N3O4. The normalized spacial score (nSPS) is 12.8. The van der Waals surface area contributed by atoms with Gasteiger partial charge >= 0.3 is 12.1 Å². The second-order valence-corrected chi connectivity index (χ2v) is 5.64. The number of carboxylic acid groups (broad SMARTS) is 1. The molecule has 112 valence electrons. The van der Waals surface area contributed by atoms with Gasteiger partial charge in [0.2, 0.25) is 0 Å². The summed E-state index contributed by atoms with van der Waals surface area (Å²) in [6.07, 6.45) is 0.818. The number of aromatic nitrogens is 2. The largest absolute Gasteiger partial charge is 0.481 e. The first-order valence-corrected chi connectivity index (χ1v) is 6.30. The molecule has 7 nitrogen and oxygen atoms in total. The van der Waals surface area contributed by atoms with Crippen molar-refractivity contribution in [2.24, 2.45) is 7.05 Å². The zero-order chi connectivity index (χ0) is 15.5. The molecule has 7 heteroatoms. The van der Waals surface area contributed by atoms with E-state index in [-0.39, 0.29) is 6.42 Å². The van der Waals surface area contributed by atoms with Crippen LogP contribution in [0.1, 0.15) is 44.5 Å². The molecule has 1 atom stereocenters. The van der Waals surface area contributed by atoms with Gasteiger partial charge in [-0.2, -0.15) is 5.10 Å². The highest BCUT2D eigenvalue weighted by molar-refractivity contribution is 5.72. The van der Waals surface area contributed by atoms with E-state index in [4.69, 9.17) is 9.84 Å². The Morgan fingerprint density at radius 3 is 2.50 bits per heavy atom. The highest BCUT2D eigenvalue weighted by atomic mass is 16.6. The predicted molar refractivity (Wildman–Crippen MR) is 72.3 cm³/mol. The van der Waals surface area contributed by atoms with Crippen LogP contribution >= 0.6 is 0 Å². The minimum absolute atomic E-state index is 0.230. The van der Waals surface area contributed by atoms with Gasteiger partial charge in [0.05, 0.1) is 18.2 Å². The lowest BCUT2D eigenvalue weighted by Gasteiger charge is -2.22. The van der Waals surface area contributed by atoms with Crippen LogP contribution in [0.4, 0.5) is 4.79 Å². The molecule has 20 heavy (non-hydrogen) atoms. The lowest BCUT2D eigenvalue weighted by atomic mass is 10.1. The van der Waals surface area contributed by atoms with E-state index in [9.17, 15) is 9.59 Å². The third-order valence-electron chi connectivity index (χ3n) is 2.50. The molecule has 1 amide bonds. The molecule has 1 aromatic heterocycles. The van der Waals surface area contributed by atoms with Crippen molar-refractivity contribution in [1.82, 2.24) is 15.1 Å². The molecule has 0 aliphatic heterocycles. The molecule has 0 aromatic carbocycles. The van der Waals surface area contributed by atoms with Crippen LogP contribution in [0.3, 0.4) is 0 Å². The number of carbonyl (C=O) groups excluding carboxylic acids is 1. The van der Waals surface area contributed by atoms with E-state index in [1.165, 1.54) is 0 Å². The van der Waals surface area contributed by atoms with E-state index >= 15 is 0 Å². The van der Waals surface area contributed by atoms with Gasteiger partial charge in [-0.05, 0) is 27.7 Å². The quantitative estimate of drug-likeness (QED) is 0.878. The maximum Gasteiger partial charge on any atom is 0.408 e. The molecule has 2 N–H and O–H groups in total. The Bertz CT molecular complexity index is 502. The first-order valence-electron chi connectivity index (χ1n) is 6.30. The fourth-order valence-electron chi connectivity index (χ4n) is 1.82. The van der Waals surface area contributed by atoms with E-state index < -0.39 is 23.7 Å². The van der Waals surface area contributed by atoms with Crippen LogP contribution in [0.15, 0.2) is 6.20 Å². The summed E-state index contributed by atoms with van der Waals surface area (Å²) in [7, 11) is 1.74. The van der Waals surface area contributed by atoms with Gasteiger partial charge in [0.25, 0.3) is 0 Å². The molecule has 0 aliphatic carbocycles. The number of hydrogen-bond acceptors (Lipinski definition) is 4. The number of rotatable bonds is 4. The van der Waals surface area contributed by atoms with Gasteiger partial charge in [-0.3, -0.25) is 9.48 Å². The van der Waals surface area contributed by atoms with Crippen molar-refractivity contribution in [3.05, 3.63) is 17.5 Å². The first-order chi connectivity index (χ1) is 9.08. The second kappa shape index (κ2) is 5.94. The van der Waals surface area contributed by atoms with Crippen molar-refractivity contribution in [3.8, 4) is 0 Å². The second-order valence-electron chi connectivity index (χ2n) is 5.64. The van der Waals surface area contributed by atoms with Crippen LogP contribution in [-0.4, -0.2) is 32.6 Å². The fourth-order valence-corrected chi connectivity index (χ4v) is 1.82. The first kappa shape index (κ1) is 16.0. The summed E-state index contributed by atoms with van der Waals surface area (Å²) in [5.74, 6) is -1.01. The molecule has 1 aromatic rings. The summed E-state index contributed by atoms with van der Waals surface area (Å²) in [6, 6.07) is -0.670. The van der Waals surface area contributed by atoms with Crippen LogP contribution in [-0.2, 0) is 16.6 Å². The van der Waals surface area contributed by atoms with E-state index in [0.717, 1.165) is 0 Å². The van der Waals surface area contributed by atoms with E-state index in [1.54, 1.807) is 45.6 Å². The fraction of sp³-hybridized carbons (Fsp3) is 0.615. The molecule has 1 unspecified atom stereocenters. The Morgan fingerprint density at radius 1 is 1.50 bits per heavy atom. The Labute approximate surface area is 117 Å². The molecular weight excluding hydrogens is 262 g/mol. The van der Waals surface area contributed by atoms with E-state index in [2.05, 4.69) is 10.4 Å². The molecule has 0 spiro atoms. The molecule has 0 saturated carbocycles. The molecule has 0 aliphatic rings. The zero-order valence-corrected chi connectivity index (χ0v) is 12.4. The van der Waals surface area contributed by atoms with E-state index in [1.807, 2.05) is 0 Å². The van der Waals surface area contributed by atoms with Crippen molar-refractivity contribution in [3.63, 3.8) is 0 Å². The average molecular weight is 283 g/mol. The van der Waals surface area contributed by atoms with E-state index in [0.29, 0.717) is 11.3 Å². The number of aliphatic carboxylic acids is 1. The summed E-state index contributed by atoms with van der Waals surface area (Å²) in [4.78, 5) is 22.7. The average Bonchev–Trinajstić information content (AvgIpc) is 2.53. The molecule has 1 heterocycles. The van der Waals surface area contributed by atoms with Crippen molar-refractivity contribution < 1.29 is 19.4 Å². The topological polar surface area (TPSA) is 93.5 Å². The maximum absolute atomic E-state index is 11.8. The summed E-state index contributed by atoms with van der Waals surface area (Å²) < 4.78 is 6.73. The van der Waals surface area contributed by atoms with Crippen LogP contribution in [0, 0.1) is 6.92 Å². The van der Waals surface area contributed by atoms with Gasteiger partial charge in [-0.15, -0.1) is 0 Å². The van der Waals surface area contributed by atoms with Crippen molar-refractivity contribution in [1.29, 1.82) is 0 Å². The van der Waals surface area contributed by atoms with Crippen LogP contribution in [0.5, 0.6) is 0 Å². The van der Waals surface area contributed by atoms with Crippen LogP contribution in [0.25, 0.3) is 0 Å². The number of carbonyl (C=O) groups is 2. The van der Waals surface area contributed by atoms with Gasteiger partial charge < -0.3 is 15.2 Å². The van der Waals surface area contributed by atoms with Crippen molar-refractivity contribution in [2.75, 3.05) is 0 Å². The summed E-state index contributed by atoms with van der Waals surface area (Å²) in [5.41, 5.74) is 0.706. The van der Waals surface area contributed by atoms with Crippen LogP contribution in [0.2, 0.25) is 0 Å². The third kappa shape index (κ3) is 4.91. The number of carboxylic acids is 1. The number of ether oxygens (including phenoxy) is 1. The van der Waals surface area contributed by atoms with Gasteiger partial charge in [0, 0.05) is 18.8 Å². The SMILES string of the molecule is Cc1nn(C)cc1C(CC(=O)O)NC(=O)OC(C)(C)C. The van der Waals surface area contributed by atoms with Gasteiger partial charge in [-0.1, -0.05) is 0 Å². The minimum atomic E-state index is -1.01. The number of amides is 1. The number of aryl methyl sites for hydroxylation is 2. The monoisotopic (exact) mass is 283 g/mol. The summed E-state index contributed by atoms with van der Waals surface area (Å²) in [6.45, 7) is 7.00. The zero-order valence-electron chi connectivity index (χ0n) is 12.4. The Balaban J connectivity index is 2.88. The van der Waals surface area contributed by atoms with Crippen molar-refractivity contribution >= 4 is 12.1 Å². The lowest BCUT2D eigenvalue weighted by Crippen LogP contribution is -2.35. The van der Waals surface area contributed by atoms with Gasteiger partial charge in [0.1, 0.15) is 5.60 Å². The molecule has 0 saturated heterocycles. The Hall–Kier alpha value is -2.05. The minimum Gasteiger partial charge on any atom is -0.481 e. The Kier molecular flexibility index (Phi) is 4.75. The van der Waals surface area contributed by atoms with Gasteiger partial charge in [-0.25, -0.2) is 4.79 Å². The molecule has 0 fully saturated rings. The number of alkyl carbamates (subject to hydrolysis) is 1. The lowest BCUT2D eigenvalue weighted by molar-refractivity contribution is -0.137. The van der Waals surface area contributed by atoms with Gasteiger partial charge in [0.15, 0.2) is 0 Å². The molecule has 0 radical (unpaired) electrons. The molecule has 1 rings (SSSR count).